The van der Waals surface area contributed by atoms with E-state index in [2.05, 4.69) is 21.5 Å². The molecule has 0 aliphatic rings. The third-order valence-electron chi connectivity index (χ3n) is 4.77. The fourth-order valence-electron chi connectivity index (χ4n) is 3.17. The molecule has 168 valence electrons. The number of rotatable bonds is 6. The Kier molecular flexibility index (Phi) is 6.29. The van der Waals surface area contributed by atoms with Gasteiger partial charge in [-0.2, -0.15) is 4.72 Å². The molecule has 2 aromatic heterocycles. The summed E-state index contributed by atoms with van der Waals surface area (Å²) in [5.74, 6) is 3.46. The van der Waals surface area contributed by atoms with E-state index in [4.69, 9.17) is 0 Å². The van der Waals surface area contributed by atoms with Crippen molar-refractivity contribution in [3.8, 4) is 11.8 Å². The average Bonchev–Trinajstić information content (AvgIpc) is 3.40. The van der Waals surface area contributed by atoms with E-state index in [1.54, 1.807) is 0 Å². The predicted octanol–water partition coefficient (Wildman–Crippen LogP) is 3.88. The Labute approximate surface area is 191 Å². The number of benzene rings is 2. The monoisotopic (exact) mass is 486 g/mol. The van der Waals surface area contributed by atoms with Crippen LogP contribution in [0.1, 0.15) is 16.0 Å². The van der Waals surface area contributed by atoms with Gasteiger partial charge in [-0.05, 0) is 60.2 Å². The molecule has 4 aromatic rings. The molecule has 0 amide bonds. The lowest BCUT2D eigenvalue weighted by Crippen LogP contribution is -2.41. The lowest BCUT2D eigenvalue weighted by Gasteiger charge is -2.13. The molecule has 0 unspecified atom stereocenters. The number of carboxylic acid groups (broad SMARTS) is 1. The Bertz CT molecular complexity index is 1500. The molecule has 2 aromatic carbocycles. The summed E-state index contributed by atoms with van der Waals surface area (Å²) in [4.78, 5) is 15.1. The first kappa shape index (κ1) is 22.7. The van der Waals surface area contributed by atoms with E-state index in [0.29, 0.717) is 26.9 Å². The summed E-state index contributed by atoms with van der Waals surface area (Å²) in [6, 6.07) is 11.0. The molecule has 4 rings (SSSR count). The number of aromatic nitrogens is 1. The van der Waals surface area contributed by atoms with Crippen LogP contribution in [0.3, 0.4) is 0 Å². The van der Waals surface area contributed by atoms with Gasteiger partial charge in [0.2, 0.25) is 0 Å². The summed E-state index contributed by atoms with van der Waals surface area (Å²) in [5, 5.41) is 10.2. The molecule has 2 heterocycles. The quantitative estimate of drug-likeness (QED) is 0.360. The van der Waals surface area contributed by atoms with E-state index in [1.165, 1.54) is 60.8 Å². The normalized spacial score (nSPS) is 12.3. The van der Waals surface area contributed by atoms with Crippen LogP contribution >= 0.6 is 11.3 Å². The molecule has 33 heavy (non-hydrogen) atoms. The number of H-pyrrole nitrogens is 1. The Morgan fingerprint density at radius 1 is 1.06 bits per heavy atom. The predicted molar refractivity (Wildman–Crippen MR) is 120 cm³/mol. The van der Waals surface area contributed by atoms with Crippen LogP contribution in [-0.2, 0) is 21.2 Å². The maximum atomic E-state index is 13.4. The minimum atomic E-state index is -4.14. The lowest BCUT2D eigenvalue weighted by atomic mass is 10.1. The number of nitrogens with one attached hydrogen (secondary N) is 2. The third-order valence-corrected chi connectivity index (χ3v) is 7.73. The second-order valence-corrected chi connectivity index (χ2v) is 10.1. The molecule has 3 N–H and O–H groups in total. The van der Waals surface area contributed by atoms with Gasteiger partial charge >= 0.3 is 5.97 Å². The number of halogens is 2. The summed E-state index contributed by atoms with van der Waals surface area (Å²) in [7, 11) is -4.14. The van der Waals surface area contributed by atoms with Gasteiger partial charge in [-0.15, -0.1) is 11.3 Å². The molecule has 1 atom stereocenters. The molecule has 0 radical (unpaired) electrons. The molecular formula is C23H16F2N2O4S2. The van der Waals surface area contributed by atoms with Gasteiger partial charge in [-0.25, -0.2) is 17.2 Å². The molecule has 10 heteroatoms. The van der Waals surface area contributed by atoms with Gasteiger partial charge in [-0.1, -0.05) is 11.8 Å². The summed E-state index contributed by atoms with van der Waals surface area (Å²) in [6.45, 7) is 0. The van der Waals surface area contributed by atoms with Crippen molar-refractivity contribution in [3.63, 3.8) is 0 Å². The smallest absolute Gasteiger partial charge is 0.322 e. The van der Waals surface area contributed by atoms with Crippen molar-refractivity contribution in [2.45, 2.75) is 16.7 Å². The van der Waals surface area contributed by atoms with Crippen molar-refractivity contribution in [1.82, 2.24) is 9.71 Å². The minimum Gasteiger partial charge on any atom is -0.480 e. The summed E-state index contributed by atoms with van der Waals surface area (Å²) >= 11 is 0.889. The molecule has 0 fully saturated rings. The fraction of sp³-hybridized carbons (Fsp3) is 0.0870. The van der Waals surface area contributed by atoms with Crippen LogP contribution in [0.5, 0.6) is 0 Å². The van der Waals surface area contributed by atoms with Crippen LogP contribution in [0, 0.1) is 23.5 Å². The van der Waals surface area contributed by atoms with Gasteiger partial charge in [0.25, 0.3) is 10.0 Å². The highest BCUT2D eigenvalue weighted by molar-refractivity contribution is 7.91. The maximum Gasteiger partial charge on any atom is 0.322 e. The lowest BCUT2D eigenvalue weighted by molar-refractivity contribution is -0.138. The van der Waals surface area contributed by atoms with Crippen molar-refractivity contribution >= 4 is 38.2 Å². The molecule has 0 saturated heterocycles. The van der Waals surface area contributed by atoms with E-state index in [-0.39, 0.29) is 16.4 Å². The SMILES string of the molecule is O=C(O)[C@@H](Cc1c[nH]c2cc(F)ccc12)NS(=O)(=O)c1ccc(C#Cc2ccc(F)cc2)s1. The zero-order valence-electron chi connectivity index (χ0n) is 16.8. The van der Waals surface area contributed by atoms with E-state index < -0.39 is 27.9 Å². The van der Waals surface area contributed by atoms with Gasteiger partial charge < -0.3 is 10.1 Å². The highest BCUT2D eigenvalue weighted by atomic mass is 32.2. The average molecular weight is 487 g/mol. The second kappa shape index (κ2) is 9.15. The topological polar surface area (TPSA) is 99.3 Å². The molecule has 0 aliphatic carbocycles. The van der Waals surface area contributed by atoms with Crippen LogP contribution in [0.25, 0.3) is 10.9 Å². The zero-order chi connectivity index (χ0) is 23.6. The van der Waals surface area contributed by atoms with Gasteiger partial charge in [0.1, 0.15) is 21.9 Å². The van der Waals surface area contributed by atoms with Crippen molar-refractivity contribution < 1.29 is 27.1 Å². The highest BCUT2D eigenvalue weighted by Gasteiger charge is 2.27. The molecule has 6 nitrogen and oxygen atoms in total. The summed E-state index contributed by atoms with van der Waals surface area (Å²) in [6.07, 6.45) is 1.39. The van der Waals surface area contributed by atoms with Crippen molar-refractivity contribution in [1.29, 1.82) is 0 Å². The van der Waals surface area contributed by atoms with E-state index in [0.717, 1.165) is 11.3 Å². The fourth-order valence-corrected chi connectivity index (χ4v) is 5.54. The number of carbonyl (C=O) groups is 1. The largest absolute Gasteiger partial charge is 0.480 e. The van der Waals surface area contributed by atoms with Crippen LogP contribution in [0.2, 0.25) is 0 Å². The highest BCUT2D eigenvalue weighted by Crippen LogP contribution is 2.23. The number of aromatic amines is 1. The number of carboxylic acids is 1. The maximum absolute atomic E-state index is 13.4. The summed E-state index contributed by atoms with van der Waals surface area (Å²) in [5.41, 5.74) is 1.59. The Balaban J connectivity index is 1.52. The molecule has 0 spiro atoms. The van der Waals surface area contributed by atoms with Gasteiger partial charge in [0, 0.05) is 29.1 Å². The standard InChI is InChI=1S/C23H16F2N2O4S2/c24-16-4-1-14(2-5-16)3-7-18-8-10-22(32-18)33(30,31)27-21(23(28)29)11-15-13-26-20-12-17(25)6-9-19(15)20/h1-2,4-6,8-10,12-13,21,26-27H,11H2,(H,28,29)/t21-/m1/s1. The van der Waals surface area contributed by atoms with Crippen LogP contribution in [0.15, 0.2) is 65.0 Å². The number of hydrogen-bond donors (Lipinski definition) is 3. The van der Waals surface area contributed by atoms with Gasteiger partial charge in [0.15, 0.2) is 0 Å². The number of hydrogen-bond acceptors (Lipinski definition) is 4. The number of sulfonamides is 1. The van der Waals surface area contributed by atoms with E-state index in [9.17, 15) is 27.1 Å². The van der Waals surface area contributed by atoms with E-state index in [1.807, 2.05) is 0 Å². The number of fused-ring (bicyclic) bond motifs is 1. The van der Waals surface area contributed by atoms with Crippen molar-refractivity contribution in [3.05, 3.63) is 88.4 Å². The van der Waals surface area contributed by atoms with Gasteiger partial charge in [-0.3, -0.25) is 4.79 Å². The van der Waals surface area contributed by atoms with Crippen LogP contribution in [-0.4, -0.2) is 30.5 Å². The first-order valence-electron chi connectivity index (χ1n) is 9.59. The summed E-state index contributed by atoms with van der Waals surface area (Å²) < 4.78 is 54.1. The van der Waals surface area contributed by atoms with Crippen LogP contribution in [0.4, 0.5) is 8.78 Å². The number of aliphatic carboxylic acids is 1. The first-order chi connectivity index (χ1) is 15.7. The molecule has 0 saturated carbocycles. The van der Waals surface area contributed by atoms with E-state index >= 15 is 0 Å². The Morgan fingerprint density at radius 3 is 2.52 bits per heavy atom. The Hall–Kier alpha value is -3.52. The Morgan fingerprint density at radius 2 is 1.79 bits per heavy atom. The first-order valence-corrected chi connectivity index (χ1v) is 11.9. The molecular weight excluding hydrogens is 470 g/mol. The van der Waals surface area contributed by atoms with Crippen LogP contribution < -0.4 is 4.72 Å². The minimum absolute atomic E-state index is 0.0850. The van der Waals surface area contributed by atoms with Crippen molar-refractivity contribution in [2.75, 3.05) is 0 Å². The second-order valence-electron chi connectivity index (χ2n) is 7.10. The number of thiophene rings is 1. The molecule has 0 bridgehead atoms. The van der Waals surface area contributed by atoms with Crippen molar-refractivity contribution in [2.24, 2.45) is 0 Å². The molecule has 0 aliphatic heterocycles. The zero-order valence-corrected chi connectivity index (χ0v) is 18.4. The third kappa shape index (κ3) is 5.28. The van der Waals surface area contributed by atoms with Gasteiger partial charge in [0.05, 0.1) is 4.88 Å².